The summed E-state index contributed by atoms with van der Waals surface area (Å²) >= 11 is 0. The number of fused-ring (bicyclic) bond motifs is 3. The second kappa shape index (κ2) is 3.77. The number of hydrogen-bond acceptors (Lipinski definition) is 2. The molecule has 18 heavy (non-hydrogen) atoms. The molecule has 4 unspecified atom stereocenters. The van der Waals surface area contributed by atoms with Gasteiger partial charge in [0, 0.05) is 5.92 Å². The van der Waals surface area contributed by atoms with E-state index >= 15 is 0 Å². The molecule has 4 heteroatoms. The fourth-order valence-electron chi connectivity index (χ4n) is 3.45. The second-order valence-corrected chi connectivity index (χ2v) is 5.03. The van der Waals surface area contributed by atoms with Crippen molar-refractivity contribution in [2.24, 2.45) is 11.8 Å². The van der Waals surface area contributed by atoms with Gasteiger partial charge in [0.2, 0.25) is 0 Å². The molecule has 0 aliphatic heterocycles. The van der Waals surface area contributed by atoms with Gasteiger partial charge in [0.05, 0.1) is 12.5 Å². The predicted molar refractivity (Wildman–Crippen MR) is 61.1 cm³/mol. The van der Waals surface area contributed by atoms with Gasteiger partial charge in [0.15, 0.2) is 0 Å². The van der Waals surface area contributed by atoms with Crippen molar-refractivity contribution >= 4 is 5.97 Å². The van der Waals surface area contributed by atoms with Crippen molar-refractivity contribution in [2.75, 3.05) is 6.61 Å². The van der Waals surface area contributed by atoms with E-state index in [1.807, 2.05) is 6.92 Å². The third kappa shape index (κ3) is 1.35. The molecule has 2 aliphatic carbocycles. The number of carbonyl (C=O) groups excluding carboxylic acids is 1. The van der Waals surface area contributed by atoms with E-state index in [4.69, 9.17) is 4.74 Å². The predicted octanol–water partition coefficient (Wildman–Crippen LogP) is 2.97. The molecule has 96 valence electrons. The van der Waals surface area contributed by atoms with Crippen LogP contribution in [0.2, 0.25) is 0 Å². The van der Waals surface area contributed by atoms with Crippen molar-refractivity contribution in [1.82, 2.24) is 0 Å². The summed E-state index contributed by atoms with van der Waals surface area (Å²) in [5, 5.41) is 0. The minimum absolute atomic E-state index is 0.00505. The largest absolute Gasteiger partial charge is 0.466 e. The molecule has 1 saturated carbocycles. The Kier molecular flexibility index (Phi) is 2.44. The summed E-state index contributed by atoms with van der Waals surface area (Å²) in [4.78, 5) is 11.7. The average molecular weight is 252 g/mol. The van der Waals surface area contributed by atoms with Crippen molar-refractivity contribution in [3.63, 3.8) is 0 Å². The van der Waals surface area contributed by atoms with E-state index in [0.717, 1.165) is 12.1 Å². The molecule has 0 amide bonds. The van der Waals surface area contributed by atoms with Gasteiger partial charge in [-0.25, -0.2) is 8.78 Å². The topological polar surface area (TPSA) is 26.3 Å². The lowest BCUT2D eigenvalue weighted by atomic mass is 9.93. The zero-order chi connectivity index (χ0) is 13.0. The van der Waals surface area contributed by atoms with E-state index in [1.54, 1.807) is 6.92 Å². The van der Waals surface area contributed by atoms with Crippen molar-refractivity contribution in [3.05, 3.63) is 34.9 Å². The summed E-state index contributed by atoms with van der Waals surface area (Å²) in [5.74, 6) is -1.64. The van der Waals surface area contributed by atoms with Crippen molar-refractivity contribution < 1.29 is 18.3 Å². The normalized spacial score (nSPS) is 31.8. The van der Waals surface area contributed by atoms with Crippen LogP contribution in [0.4, 0.5) is 8.78 Å². The van der Waals surface area contributed by atoms with Crippen LogP contribution in [0.15, 0.2) is 12.1 Å². The van der Waals surface area contributed by atoms with Crippen LogP contribution in [0.25, 0.3) is 0 Å². The summed E-state index contributed by atoms with van der Waals surface area (Å²) in [6.45, 7) is 3.92. The summed E-state index contributed by atoms with van der Waals surface area (Å²) in [5.41, 5.74) is 0.844. The Labute approximate surface area is 104 Å². The highest BCUT2D eigenvalue weighted by Crippen LogP contribution is 2.68. The van der Waals surface area contributed by atoms with Gasteiger partial charge in [-0.15, -0.1) is 0 Å². The molecule has 2 aliphatic rings. The summed E-state index contributed by atoms with van der Waals surface area (Å²) < 4.78 is 32.5. The lowest BCUT2D eigenvalue weighted by molar-refractivity contribution is -0.145. The van der Waals surface area contributed by atoms with Crippen molar-refractivity contribution in [1.29, 1.82) is 0 Å². The maximum absolute atomic E-state index is 13.8. The first kappa shape index (κ1) is 11.6. The molecule has 2 nitrogen and oxygen atoms in total. The lowest BCUT2D eigenvalue weighted by Gasteiger charge is -2.14. The number of rotatable bonds is 2. The number of ether oxygens (including phenoxy) is 1. The van der Waals surface area contributed by atoms with Gasteiger partial charge in [0.25, 0.3) is 0 Å². The van der Waals surface area contributed by atoms with Crippen LogP contribution < -0.4 is 0 Å². The van der Waals surface area contributed by atoms with E-state index in [2.05, 4.69) is 0 Å². The third-order valence-electron chi connectivity index (χ3n) is 4.18. The first-order chi connectivity index (χ1) is 8.57. The minimum Gasteiger partial charge on any atom is -0.466 e. The summed E-state index contributed by atoms with van der Waals surface area (Å²) in [6, 6.07) is 2.30. The third-order valence-corrected chi connectivity index (χ3v) is 4.18. The summed E-state index contributed by atoms with van der Waals surface area (Å²) in [7, 11) is 0. The molecule has 1 aromatic rings. The average Bonchev–Trinajstić information content (AvgIpc) is 2.99. The van der Waals surface area contributed by atoms with Crippen LogP contribution in [0, 0.1) is 23.5 Å². The molecule has 1 fully saturated rings. The van der Waals surface area contributed by atoms with Gasteiger partial charge < -0.3 is 4.74 Å². The Morgan fingerprint density at radius 3 is 2.50 bits per heavy atom. The maximum Gasteiger partial charge on any atom is 0.309 e. The molecule has 1 aromatic carbocycles. The fraction of sp³-hybridized carbons (Fsp3) is 0.500. The summed E-state index contributed by atoms with van der Waals surface area (Å²) in [6.07, 6.45) is 0. The van der Waals surface area contributed by atoms with Crippen LogP contribution in [-0.4, -0.2) is 12.6 Å². The van der Waals surface area contributed by atoms with E-state index in [-0.39, 0.29) is 35.5 Å². The molecule has 3 rings (SSSR count). The molecular weight excluding hydrogens is 238 g/mol. The fourth-order valence-corrected chi connectivity index (χ4v) is 3.45. The van der Waals surface area contributed by atoms with E-state index in [1.165, 1.54) is 0 Å². The Bertz CT molecular complexity index is 527. The molecule has 0 heterocycles. The second-order valence-electron chi connectivity index (χ2n) is 5.03. The molecule has 0 N–H and O–H groups in total. The Balaban J connectivity index is 1.98. The van der Waals surface area contributed by atoms with Crippen LogP contribution in [0.5, 0.6) is 0 Å². The number of esters is 1. The van der Waals surface area contributed by atoms with Crippen LogP contribution in [0.3, 0.4) is 0 Å². The first-order valence-electron chi connectivity index (χ1n) is 6.22. The molecule has 0 aromatic heterocycles. The van der Waals surface area contributed by atoms with E-state index < -0.39 is 5.82 Å². The molecule has 0 spiro atoms. The number of benzene rings is 1. The minimum atomic E-state index is -0.405. The van der Waals surface area contributed by atoms with Crippen molar-refractivity contribution in [2.45, 2.75) is 25.7 Å². The highest BCUT2D eigenvalue weighted by molar-refractivity contribution is 5.80. The zero-order valence-corrected chi connectivity index (χ0v) is 10.2. The number of carbonyl (C=O) groups is 1. The number of halogens is 2. The van der Waals surface area contributed by atoms with E-state index in [0.29, 0.717) is 17.7 Å². The Morgan fingerprint density at radius 2 is 1.89 bits per heavy atom. The van der Waals surface area contributed by atoms with Gasteiger partial charge in [-0.1, -0.05) is 6.92 Å². The molecule has 0 bridgehead atoms. The molecule has 4 atom stereocenters. The zero-order valence-electron chi connectivity index (χ0n) is 10.2. The van der Waals surface area contributed by atoms with Gasteiger partial charge in [-0.3, -0.25) is 4.79 Å². The number of hydrogen-bond donors (Lipinski definition) is 0. The lowest BCUT2D eigenvalue weighted by Crippen LogP contribution is -2.13. The molecule has 0 saturated heterocycles. The van der Waals surface area contributed by atoms with Gasteiger partial charge in [0.1, 0.15) is 11.6 Å². The molecule has 0 radical (unpaired) electrons. The van der Waals surface area contributed by atoms with Gasteiger partial charge >= 0.3 is 5.97 Å². The van der Waals surface area contributed by atoms with Crippen LogP contribution in [0.1, 0.15) is 36.8 Å². The Morgan fingerprint density at radius 1 is 1.28 bits per heavy atom. The monoisotopic (exact) mass is 252 g/mol. The smallest absolute Gasteiger partial charge is 0.309 e. The van der Waals surface area contributed by atoms with Gasteiger partial charge in [-0.2, -0.15) is 0 Å². The van der Waals surface area contributed by atoms with Gasteiger partial charge in [-0.05, 0) is 42.0 Å². The SMILES string of the molecule is CCOC(=O)C1C2c3c(F)ccc(F)c3C(C)C12. The highest BCUT2D eigenvalue weighted by atomic mass is 19.1. The standard InChI is InChI=1S/C14H14F2O2/c1-3-18-14(17)13-10-6(2)9-7(15)4-5-8(16)11(9)12(10)13/h4-6,10,12-13H,3H2,1-2H3. The quantitative estimate of drug-likeness (QED) is 0.756. The molecular formula is C14H14F2O2. The maximum atomic E-state index is 13.8. The highest BCUT2D eigenvalue weighted by Gasteiger charge is 2.65. The first-order valence-corrected chi connectivity index (χ1v) is 6.22. The Hall–Kier alpha value is -1.45. The van der Waals surface area contributed by atoms with Crippen molar-refractivity contribution in [3.8, 4) is 0 Å². The van der Waals surface area contributed by atoms with Crippen LogP contribution >= 0.6 is 0 Å². The van der Waals surface area contributed by atoms with Crippen LogP contribution in [-0.2, 0) is 9.53 Å². The van der Waals surface area contributed by atoms with E-state index in [9.17, 15) is 13.6 Å².